The van der Waals surface area contributed by atoms with E-state index in [1.807, 2.05) is 38.1 Å². The first kappa shape index (κ1) is 17.9. The van der Waals surface area contributed by atoms with Gasteiger partial charge in [-0.25, -0.2) is 5.43 Å². The van der Waals surface area contributed by atoms with E-state index in [-0.39, 0.29) is 11.2 Å². The molecule has 0 unspecified atom stereocenters. The second-order valence-electron chi connectivity index (χ2n) is 4.94. The molecule has 1 atom stereocenters. The third-order valence-corrected chi connectivity index (χ3v) is 4.84. The molecule has 0 bridgehead atoms. The van der Waals surface area contributed by atoms with E-state index in [2.05, 4.69) is 10.5 Å². The molecule has 120 valence electrons. The van der Waals surface area contributed by atoms with E-state index >= 15 is 0 Å². The van der Waals surface area contributed by atoms with E-state index < -0.39 is 0 Å². The Morgan fingerprint density at radius 3 is 2.39 bits per heavy atom. The number of carbonyl (C=O) groups is 1. The SMILES string of the molecule is Cc1ccc(S[C@H](C)C(=O)N/N=C\c2c(Cl)cccc2Cl)cc1. The van der Waals surface area contributed by atoms with E-state index in [0.717, 1.165) is 4.90 Å². The summed E-state index contributed by atoms with van der Waals surface area (Å²) in [6.45, 7) is 3.86. The minimum absolute atomic E-state index is 0.185. The maximum Gasteiger partial charge on any atom is 0.253 e. The largest absolute Gasteiger partial charge is 0.272 e. The van der Waals surface area contributed by atoms with Gasteiger partial charge in [-0.3, -0.25) is 4.79 Å². The van der Waals surface area contributed by atoms with E-state index in [9.17, 15) is 4.79 Å². The van der Waals surface area contributed by atoms with Crippen molar-refractivity contribution in [3.05, 3.63) is 63.6 Å². The fourth-order valence-electron chi connectivity index (χ4n) is 1.76. The maximum absolute atomic E-state index is 12.1. The lowest BCUT2D eigenvalue weighted by molar-refractivity contribution is -0.120. The maximum atomic E-state index is 12.1. The Bertz CT molecular complexity index is 697. The van der Waals surface area contributed by atoms with Crippen molar-refractivity contribution in [3.63, 3.8) is 0 Å². The molecular weight excluding hydrogens is 351 g/mol. The van der Waals surface area contributed by atoms with E-state index in [4.69, 9.17) is 23.2 Å². The van der Waals surface area contributed by atoms with E-state index in [1.54, 1.807) is 18.2 Å². The lowest BCUT2D eigenvalue weighted by atomic mass is 10.2. The van der Waals surface area contributed by atoms with Gasteiger partial charge in [0, 0.05) is 10.5 Å². The molecule has 0 aliphatic carbocycles. The molecule has 0 fully saturated rings. The zero-order valence-electron chi connectivity index (χ0n) is 12.7. The Morgan fingerprint density at radius 2 is 1.78 bits per heavy atom. The van der Waals surface area contributed by atoms with Crippen LogP contribution < -0.4 is 5.43 Å². The van der Waals surface area contributed by atoms with E-state index in [1.165, 1.54) is 23.5 Å². The first-order valence-electron chi connectivity index (χ1n) is 6.97. The second kappa shape index (κ2) is 8.39. The van der Waals surface area contributed by atoms with Gasteiger partial charge < -0.3 is 0 Å². The average molecular weight is 367 g/mol. The zero-order valence-corrected chi connectivity index (χ0v) is 15.0. The fourth-order valence-corrected chi connectivity index (χ4v) is 3.12. The van der Waals surface area contributed by atoms with Crippen molar-refractivity contribution in [2.45, 2.75) is 24.0 Å². The molecule has 2 rings (SSSR count). The molecule has 0 saturated heterocycles. The Balaban J connectivity index is 1.93. The lowest BCUT2D eigenvalue weighted by Crippen LogP contribution is -2.26. The minimum Gasteiger partial charge on any atom is -0.272 e. The number of aryl methyl sites for hydroxylation is 1. The molecule has 2 aromatic carbocycles. The number of hydrogen-bond acceptors (Lipinski definition) is 3. The van der Waals surface area contributed by atoms with Crippen LogP contribution in [0.2, 0.25) is 10.0 Å². The van der Waals surface area contributed by atoms with Crippen molar-refractivity contribution in [3.8, 4) is 0 Å². The van der Waals surface area contributed by atoms with Gasteiger partial charge in [0.05, 0.1) is 21.5 Å². The molecule has 2 aromatic rings. The Hall–Kier alpha value is -1.49. The number of hydrazone groups is 1. The van der Waals surface area contributed by atoms with Gasteiger partial charge in [0.25, 0.3) is 5.91 Å². The number of benzene rings is 2. The molecular formula is C17H16Cl2N2OS. The highest BCUT2D eigenvalue weighted by molar-refractivity contribution is 8.00. The van der Waals surface area contributed by atoms with Crippen LogP contribution in [0.5, 0.6) is 0 Å². The first-order chi connectivity index (χ1) is 11.0. The molecule has 0 aliphatic heterocycles. The highest BCUT2D eigenvalue weighted by Crippen LogP contribution is 2.24. The summed E-state index contributed by atoms with van der Waals surface area (Å²) in [5, 5.41) is 4.63. The molecule has 3 nitrogen and oxygen atoms in total. The summed E-state index contributed by atoms with van der Waals surface area (Å²) >= 11 is 13.5. The molecule has 1 N–H and O–H groups in total. The van der Waals surface area contributed by atoms with Gasteiger partial charge in [0.15, 0.2) is 0 Å². The van der Waals surface area contributed by atoms with E-state index in [0.29, 0.717) is 15.6 Å². The van der Waals surface area contributed by atoms with Crippen molar-refractivity contribution in [1.82, 2.24) is 5.43 Å². The summed E-state index contributed by atoms with van der Waals surface area (Å²) in [5.41, 5.74) is 4.28. The predicted molar refractivity (Wildman–Crippen MR) is 98.7 cm³/mol. The number of nitrogens with zero attached hydrogens (tertiary/aromatic N) is 1. The number of rotatable bonds is 5. The molecule has 23 heavy (non-hydrogen) atoms. The van der Waals surface area contributed by atoms with Crippen LogP contribution in [-0.2, 0) is 4.79 Å². The average Bonchev–Trinajstić information content (AvgIpc) is 2.52. The first-order valence-corrected chi connectivity index (χ1v) is 8.61. The van der Waals surface area contributed by atoms with Crippen molar-refractivity contribution < 1.29 is 4.79 Å². The number of halogens is 2. The minimum atomic E-state index is -0.267. The van der Waals surface area contributed by atoms with Gasteiger partial charge in [-0.05, 0) is 38.1 Å². The molecule has 0 saturated carbocycles. The van der Waals surface area contributed by atoms with Crippen LogP contribution in [0.3, 0.4) is 0 Å². The number of thioether (sulfide) groups is 1. The van der Waals surface area contributed by atoms with Crippen LogP contribution in [-0.4, -0.2) is 17.4 Å². The molecule has 0 aromatic heterocycles. The van der Waals surface area contributed by atoms with Crippen molar-refractivity contribution in [2.24, 2.45) is 5.10 Å². The standard InChI is InChI=1S/C17H16Cl2N2OS/c1-11-6-8-13(9-7-11)23-12(2)17(22)21-20-10-14-15(18)4-3-5-16(14)19/h3-10,12H,1-2H3,(H,21,22)/b20-10-/t12-/m1/s1. The summed E-state index contributed by atoms with van der Waals surface area (Å²) in [5.74, 6) is -0.185. The van der Waals surface area contributed by atoms with Crippen LogP contribution in [0.4, 0.5) is 0 Å². The summed E-state index contributed by atoms with van der Waals surface area (Å²) in [7, 11) is 0. The van der Waals surface area contributed by atoms with Crippen LogP contribution in [0, 0.1) is 6.92 Å². The molecule has 0 radical (unpaired) electrons. The number of hydrogen-bond donors (Lipinski definition) is 1. The van der Waals surface area contributed by atoms with Crippen molar-refractivity contribution >= 4 is 47.1 Å². The van der Waals surface area contributed by atoms with Crippen LogP contribution >= 0.6 is 35.0 Å². The van der Waals surface area contributed by atoms with Gasteiger partial charge in [-0.2, -0.15) is 5.10 Å². The van der Waals surface area contributed by atoms with Gasteiger partial charge in [-0.15, -0.1) is 11.8 Å². The highest BCUT2D eigenvalue weighted by Gasteiger charge is 2.13. The van der Waals surface area contributed by atoms with Crippen LogP contribution in [0.25, 0.3) is 0 Å². The van der Waals surface area contributed by atoms with Crippen molar-refractivity contribution in [2.75, 3.05) is 0 Å². The molecule has 6 heteroatoms. The molecule has 0 aliphatic rings. The van der Waals surface area contributed by atoms with Crippen LogP contribution in [0.15, 0.2) is 52.5 Å². The lowest BCUT2D eigenvalue weighted by Gasteiger charge is -2.09. The zero-order chi connectivity index (χ0) is 16.8. The molecule has 0 spiro atoms. The molecule has 0 heterocycles. The summed E-state index contributed by atoms with van der Waals surface area (Å²) < 4.78 is 0. The normalized spacial score (nSPS) is 12.3. The van der Waals surface area contributed by atoms with Crippen LogP contribution in [0.1, 0.15) is 18.1 Å². The number of carbonyl (C=O) groups excluding carboxylic acids is 1. The van der Waals surface area contributed by atoms with Gasteiger partial charge in [0.2, 0.25) is 0 Å². The second-order valence-corrected chi connectivity index (χ2v) is 7.17. The van der Waals surface area contributed by atoms with Gasteiger partial charge in [0.1, 0.15) is 0 Å². The monoisotopic (exact) mass is 366 g/mol. The third kappa shape index (κ3) is 5.27. The van der Waals surface area contributed by atoms with Gasteiger partial charge in [-0.1, -0.05) is 47.0 Å². The van der Waals surface area contributed by atoms with Crippen molar-refractivity contribution in [1.29, 1.82) is 0 Å². The van der Waals surface area contributed by atoms with Gasteiger partial charge >= 0.3 is 0 Å². The summed E-state index contributed by atoms with van der Waals surface area (Å²) in [4.78, 5) is 13.1. The Morgan fingerprint density at radius 1 is 1.17 bits per heavy atom. The quantitative estimate of drug-likeness (QED) is 0.462. The highest BCUT2D eigenvalue weighted by atomic mass is 35.5. The fraction of sp³-hybridized carbons (Fsp3) is 0.176. The topological polar surface area (TPSA) is 41.5 Å². The summed E-state index contributed by atoms with van der Waals surface area (Å²) in [6, 6.07) is 13.2. The summed E-state index contributed by atoms with van der Waals surface area (Å²) in [6.07, 6.45) is 1.45. The molecule has 1 amide bonds. The Kier molecular flexibility index (Phi) is 6.51. The third-order valence-electron chi connectivity index (χ3n) is 3.07. The Labute approximate surface area is 150 Å². The number of nitrogens with one attached hydrogen (secondary N) is 1. The predicted octanol–water partition coefficient (Wildman–Crippen LogP) is 4.93. The number of amides is 1. The smallest absolute Gasteiger partial charge is 0.253 e.